The van der Waals surface area contributed by atoms with Crippen molar-refractivity contribution in [3.63, 3.8) is 0 Å². The molecule has 0 amide bonds. The zero-order chi connectivity index (χ0) is 19.9. The van der Waals surface area contributed by atoms with Crippen molar-refractivity contribution in [3.05, 3.63) is 102 Å². The van der Waals surface area contributed by atoms with Gasteiger partial charge in [0.05, 0.1) is 0 Å². The first-order valence-corrected chi connectivity index (χ1v) is 10.2. The van der Waals surface area contributed by atoms with Crippen molar-refractivity contribution in [1.29, 1.82) is 0 Å². The summed E-state index contributed by atoms with van der Waals surface area (Å²) in [6.45, 7) is 3.13. The van der Waals surface area contributed by atoms with Crippen molar-refractivity contribution >= 4 is 6.08 Å². The van der Waals surface area contributed by atoms with E-state index in [1.807, 2.05) is 42.5 Å². The smallest absolute Gasteiger partial charge is 0.127 e. The SMILES string of the molecule is Fc1ccc(/C=C/CN2CCC(c3ccc(Oc4ccccc4)cc3)CC2)cc1. The first kappa shape index (κ1) is 19.4. The molecule has 29 heavy (non-hydrogen) atoms. The van der Waals surface area contributed by atoms with Gasteiger partial charge in [-0.15, -0.1) is 0 Å². The number of nitrogens with zero attached hydrogens (tertiary/aromatic N) is 1. The minimum absolute atomic E-state index is 0.191. The lowest BCUT2D eigenvalue weighted by Crippen LogP contribution is -2.33. The molecule has 0 unspecified atom stereocenters. The average Bonchev–Trinajstić information content (AvgIpc) is 2.77. The predicted octanol–water partition coefficient (Wildman–Crippen LogP) is 6.51. The molecular formula is C26H26FNO. The van der Waals surface area contributed by atoms with Gasteiger partial charge >= 0.3 is 0 Å². The van der Waals surface area contributed by atoms with Crippen LogP contribution in [0.3, 0.4) is 0 Å². The van der Waals surface area contributed by atoms with Crippen molar-refractivity contribution < 1.29 is 9.13 Å². The van der Waals surface area contributed by atoms with E-state index in [4.69, 9.17) is 4.74 Å². The number of hydrogen-bond acceptors (Lipinski definition) is 2. The number of benzene rings is 3. The molecule has 0 aliphatic carbocycles. The fourth-order valence-corrected chi connectivity index (χ4v) is 3.79. The summed E-state index contributed by atoms with van der Waals surface area (Å²) in [5.41, 5.74) is 2.44. The molecule has 148 valence electrons. The maximum atomic E-state index is 13.0. The molecule has 3 heteroatoms. The Hall–Kier alpha value is -2.91. The standard InChI is InChI=1S/C26H26FNO/c27-24-12-8-21(9-13-24)5-4-18-28-19-16-23(17-20-28)22-10-14-26(15-11-22)29-25-6-2-1-3-7-25/h1-15,23H,16-20H2/b5-4+. The summed E-state index contributed by atoms with van der Waals surface area (Å²) in [6, 6.07) is 25.0. The lowest BCUT2D eigenvalue weighted by atomic mass is 9.89. The molecule has 0 N–H and O–H groups in total. The zero-order valence-electron chi connectivity index (χ0n) is 16.5. The van der Waals surface area contributed by atoms with Crippen LogP contribution in [0.2, 0.25) is 0 Å². The highest BCUT2D eigenvalue weighted by atomic mass is 19.1. The van der Waals surface area contributed by atoms with Gasteiger partial charge in [0.1, 0.15) is 17.3 Å². The van der Waals surface area contributed by atoms with E-state index >= 15 is 0 Å². The van der Waals surface area contributed by atoms with Crippen molar-refractivity contribution in [3.8, 4) is 11.5 Å². The number of para-hydroxylation sites is 1. The number of hydrogen-bond donors (Lipinski definition) is 0. The lowest BCUT2D eigenvalue weighted by Gasteiger charge is -2.31. The number of halogens is 1. The Morgan fingerprint density at radius 3 is 2.17 bits per heavy atom. The molecule has 0 aromatic heterocycles. The van der Waals surface area contributed by atoms with E-state index < -0.39 is 0 Å². The van der Waals surface area contributed by atoms with E-state index in [-0.39, 0.29) is 5.82 Å². The Morgan fingerprint density at radius 2 is 1.48 bits per heavy atom. The van der Waals surface area contributed by atoms with Gasteiger partial charge < -0.3 is 4.74 Å². The maximum absolute atomic E-state index is 13.0. The van der Waals surface area contributed by atoms with Gasteiger partial charge in [-0.3, -0.25) is 4.90 Å². The van der Waals surface area contributed by atoms with Crippen LogP contribution in [0.25, 0.3) is 6.08 Å². The normalized spacial score (nSPS) is 15.6. The van der Waals surface area contributed by atoms with Gasteiger partial charge in [0.15, 0.2) is 0 Å². The van der Waals surface area contributed by atoms with Crippen LogP contribution >= 0.6 is 0 Å². The number of likely N-dealkylation sites (tertiary alicyclic amines) is 1. The minimum atomic E-state index is -0.191. The molecular weight excluding hydrogens is 361 g/mol. The van der Waals surface area contributed by atoms with Gasteiger partial charge in [-0.2, -0.15) is 0 Å². The van der Waals surface area contributed by atoms with Gasteiger partial charge in [-0.25, -0.2) is 4.39 Å². The second-order valence-electron chi connectivity index (χ2n) is 7.51. The largest absolute Gasteiger partial charge is 0.457 e. The molecule has 3 aromatic rings. The summed E-state index contributed by atoms with van der Waals surface area (Å²) in [5, 5.41) is 0. The molecule has 1 aliphatic heterocycles. The molecule has 0 bridgehead atoms. The van der Waals surface area contributed by atoms with Crippen LogP contribution in [0.1, 0.15) is 29.9 Å². The van der Waals surface area contributed by atoms with Crippen LogP contribution in [-0.4, -0.2) is 24.5 Å². The topological polar surface area (TPSA) is 12.5 Å². The predicted molar refractivity (Wildman–Crippen MR) is 117 cm³/mol. The van der Waals surface area contributed by atoms with E-state index in [2.05, 4.69) is 41.3 Å². The fraction of sp³-hybridized carbons (Fsp3) is 0.231. The van der Waals surface area contributed by atoms with Crippen LogP contribution in [0.4, 0.5) is 4.39 Å². The van der Waals surface area contributed by atoms with Crippen molar-refractivity contribution in [2.75, 3.05) is 19.6 Å². The minimum Gasteiger partial charge on any atom is -0.457 e. The molecule has 1 aliphatic rings. The third kappa shape index (κ3) is 5.55. The van der Waals surface area contributed by atoms with E-state index in [0.29, 0.717) is 5.92 Å². The van der Waals surface area contributed by atoms with E-state index in [1.165, 1.54) is 30.5 Å². The molecule has 0 atom stereocenters. The number of ether oxygens (including phenoxy) is 1. The van der Waals surface area contributed by atoms with Gasteiger partial charge in [-0.05, 0) is 79.4 Å². The zero-order valence-corrected chi connectivity index (χ0v) is 16.5. The summed E-state index contributed by atoms with van der Waals surface area (Å²) in [4.78, 5) is 2.48. The summed E-state index contributed by atoms with van der Waals surface area (Å²) < 4.78 is 18.8. The third-order valence-electron chi connectivity index (χ3n) is 5.46. The maximum Gasteiger partial charge on any atom is 0.127 e. The highest BCUT2D eigenvalue weighted by Gasteiger charge is 2.19. The molecule has 0 saturated carbocycles. The Bertz CT molecular complexity index is 911. The molecule has 0 spiro atoms. The number of piperidine rings is 1. The molecule has 2 nitrogen and oxygen atoms in total. The van der Waals surface area contributed by atoms with Gasteiger partial charge in [0.25, 0.3) is 0 Å². The fourth-order valence-electron chi connectivity index (χ4n) is 3.79. The van der Waals surface area contributed by atoms with Crippen LogP contribution in [-0.2, 0) is 0 Å². The first-order valence-electron chi connectivity index (χ1n) is 10.2. The second kappa shape index (κ2) is 9.53. The van der Waals surface area contributed by atoms with Gasteiger partial charge in [-0.1, -0.05) is 54.6 Å². The van der Waals surface area contributed by atoms with E-state index in [1.54, 1.807) is 0 Å². The lowest BCUT2D eigenvalue weighted by molar-refractivity contribution is 0.233. The molecule has 3 aromatic carbocycles. The Labute approximate surface area is 172 Å². The quantitative estimate of drug-likeness (QED) is 0.478. The Balaban J connectivity index is 1.25. The average molecular weight is 387 g/mol. The van der Waals surface area contributed by atoms with Crippen LogP contribution in [0.15, 0.2) is 84.9 Å². The molecule has 0 radical (unpaired) electrons. The van der Waals surface area contributed by atoms with E-state index in [0.717, 1.165) is 36.7 Å². The summed E-state index contributed by atoms with van der Waals surface area (Å²) >= 11 is 0. The molecule has 1 heterocycles. The van der Waals surface area contributed by atoms with Crippen LogP contribution < -0.4 is 4.74 Å². The van der Waals surface area contributed by atoms with Crippen LogP contribution in [0.5, 0.6) is 11.5 Å². The Morgan fingerprint density at radius 1 is 0.828 bits per heavy atom. The molecule has 1 saturated heterocycles. The summed E-state index contributed by atoms with van der Waals surface area (Å²) in [7, 11) is 0. The first-order chi connectivity index (χ1) is 14.3. The molecule has 4 rings (SSSR count). The Kier molecular flexibility index (Phi) is 6.38. The highest BCUT2D eigenvalue weighted by Crippen LogP contribution is 2.30. The van der Waals surface area contributed by atoms with Gasteiger partial charge in [0.2, 0.25) is 0 Å². The van der Waals surface area contributed by atoms with E-state index in [9.17, 15) is 4.39 Å². The van der Waals surface area contributed by atoms with Gasteiger partial charge in [0, 0.05) is 6.54 Å². The van der Waals surface area contributed by atoms with Crippen molar-refractivity contribution in [1.82, 2.24) is 4.90 Å². The monoisotopic (exact) mass is 387 g/mol. The third-order valence-corrected chi connectivity index (χ3v) is 5.46. The summed E-state index contributed by atoms with van der Waals surface area (Å²) in [6.07, 6.45) is 6.58. The second-order valence-corrected chi connectivity index (χ2v) is 7.51. The number of rotatable bonds is 6. The van der Waals surface area contributed by atoms with Crippen LogP contribution in [0, 0.1) is 5.82 Å². The summed E-state index contributed by atoms with van der Waals surface area (Å²) in [5.74, 6) is 2.16. The highest BCUT2D eigenvalue weighted by molar-refractivity contribution is 5.49. The van der Waals surface area contributed by atoms with Crippen molar-refractivity contribution in [2.24, 2.45) is 0 Å². The molecule has 1 fully saturated rings. The van der Waals surface area contributed by atoms with Crippen molar-refractivity contribution in [2.45, 2.75) is 18.8 Å².